The second-order valence-electron chi connectivity index (χ2n) is 7.01. The van der Waals surface area contributed by atoms with Crippen LogP contribution in [0.2, 0.25) is 0 Å². The first-order valence-corrected chi connectivity index (χ1v) is 9.87. The fourth-order valence-electron chi connectivity index (χ4n) is 3.16. The van der Waals surface area contributed by atoms with E-state index in [0.29, 0.717) is 28.7 Å². The molecule has 0 spiro atoms. The lowest BCUT2D eigenvalue weighted by Crippen LogP contribution is -2.25. The predicted molar refractivity (Wildman–Crippen MR) is 106 cm³/mol. The van der Waals surface area contributed by atoms with Gasteiger partial charge in [-0.2, -0.15) is 0 Å². The number of thioether (sulfide) groups is 1. The van der Waals surface area contributed by atoms with E-state index < -0.39 is 5.82 Å². The monoisotopic (exact) mass is 400 g/mol. The summed E-state index contributed by atoms with van der Waals surface area (Å²) < 4.78 is 30.5. The van der Waals surface area contributed by atoms with E-state index in [9.17, 15) is 13.6 Å². The zero-order valence-electron chi connectivity index (χ0n) is 15.4. The lowest BCUT2D eigenvalue weighted by Gasteiger charge is -2.13. The molecule has 5 nitrogen and oxygen atoms in total. The Morgan fingerprint density at radius 2 is 1.86 bits per heavy atom. The average molecular weight is 400 g/mol. The second kappa shape index (κ2) is 7.35. The summed E-state index contributed by atoms with van der Waals surface area (Å²) in [5.74, 6) is 0.343. The van der Waals surface area contributed by atoms with Crippen LogP contribution in [0.15, 0.2) is 52.4 Å². The molecule has 4 rings (SSSR count). The maximum absolute atomic E-state index is 13.8. The van der Waals surface area contributed by atoms with Gasteiger partial charge in [0.1, 0.15) is 11.6 Å². The minimum atomic E-state index is -0.470. The molecule has 0 amide bonds. The van der Waals surface area contributed by atoms with Gasteiger partial charge >= 0.3 is 0 Å². The zero-order chi connectivity index (χ0) is 19.8. The van der Waals surface area contributed by atoms with Gasteiger partial charge in [0.25, 0.3) is 5.56 Å². The minimum absolute atomic E-state index is 0.201. The van der Waals surface area contributed by atoms with E-state index in [-0.39, 0.29) is 22.7 Å². The Kier molecular flexibility index (Phi) is 4.89. The van der Waals surface area contributed by atoms with E-state index in [1.807, 2.05) is 19.9 Å². The van der Waals surface area contributed by atoms with Gasteiger partial charge in [-0.15, -0.1) is 10.2 Å². The van der Waals surface area contributed by atoms with Crippen molar-refractivity contribution in [1.29, 1.82) is 0 Å². The molecule has 8 heteroatoms. The lowest BCUT2D eigenvalue weighted by molar-refractivity contribution is 0.517. The third-order valence-corrected chi connectivity index (χ3v) is 5.34. The smallest absolute Gasteiger partial charge is 0.262 e. The summed E-state index contributed by atoms with van der Waals surface area (Å²) in [6, 6.07) is 10.5. The molecule has 0 N–H and O–H groups in total. The van der Waals surface area contributed by atoms with Crippen molar-refractivity contribution in [2.45, 2.75) is 31.3 Å². The Balaban J connectivity index is 1.87. The number of benzene rings is 2. The van der Waals surface area contributed by atoms with E-state index in [1.54, 1.807) is 16.5 Å². The molecule has 0 fully saturated rings. The van der Waals surface area contributed by atoms with Gasteiger partial charge in [0.2, 0.25) is 5.78 Å². The number of halogens is 2. The molecule has 0 saturated carbocycles. The fraction of sp³-hybridized carbons (Fsp3) is 0.250. The highest BCUT2D eigenvalue weighted by Gasteiger charge is 2.18. The molecular formula is C20H18F2N4OS. The summed E-state index contributed by atoms with van der Waals surface area (Å²) in [5.41, 5.74) is 1.07. The molecule has 0 aliphatic heterocycles. The Labute approximate surface area is 164 Å². The van der Waals surface area contributed by atoms with Crippen LogP contribution in [0.25, 0.3) is 16.7 Å². The molecule has 0 radical (unpaired) electrons. The molecule has 2 aromatic carbocycles. The van der Waals surface area contributed by atoms with Crippen LogP contribution in [-0.4, -0.2) is 19.2 Å². The van der Waals surface area contributed by atoms with Gasteiger partial charge in [0.15, 0.2) is 5.16 Å². The molecule has 0 bridgehead atoms. The highest BCUT2D eigenvalue weighted by Crippen LogP contribution is 2.25. The molecule has 28 heavy (non-hydrogen) atoms. The molecule has 0 unspecified atom stereocenters. The first kappa shape index (κ1) is 18.6. The van der Waals surface area contributed by atoms with E-state index in [0.717, 1.165) is 5.56 Å². The van der Waals surface area contributed by atoms with E-state index in [2.05, 4.69) is 10.2 Å². The van der Waals surface area contributed by atoms with Gasteiger partial charge in [-0.1, -0.05) is 37.7 Å². The quantitative estimate of drug-likeness (QED) is 0.470. The standard InChI is InChI=1S/C20H18F2N4OS/c1-12(2)10-25-18(27)16-9-15(22)6-7-17(16)26-19(25)23-24-20(26)28-11-13-4-3-5-14(21)8-13/h3-9,12H,10-11H2,1-2H3. The number of rotatable bonds is 5. The van der Waals surface area contributed by atoms with Crippen molar-refractivity contribution in [3.8, 4) is 0 Å². The largest absolute Gasteiger partial charge is 0.276 e. The van der Waals surface area contributed by atoms with Crippen LogP contribution in [-0.2, 0) is 12.3 Å². The highest BCUT2D eigenvalue weighted by atomic mass is 32.2. The van der Waals surface area contributed by atoms with Gasteiger partial charge in [-0.3, -0.25) is 13.8 Å². The summed E-state index contributed by atoms with van der Waals surface area (Å²) in [7, 11) is 0. The van der Waals surface area contributed by atoms with Crippen molar-refractivity contribution in [3.05, 3.63) is 70.0 Å². The summed E-state index contributed by atoms with van der Waals surface area (Å²) in [5, 5.41) is 9.31. The van der Waals surface area contributed by atoms with Crippen LogP contribution in [0.3, 0.4) is 0 Å². The van der Waals surface area contributed by atoms with Crippen molar-refractivity contribution >= 4 is 28.4 Å². The maximum atomic E-state index is 13.8. The van der Waals surface area contributed by atoms with Crippen LogP contribution in [0, 0.1) is 17.6 Å². The minimum Gasteiger partial charge on any atom is -0.276 e. The third kappa shape index (κ3) is 3.40. The number of hydrogen-bond donors (Lipinski definition) is 0. The molecule has 0 aliphatic rings. The third-order valence-electron chi connectivity index (χ3n) is 4.34. The number of hydrogen-bond acceptors (Lipinski definition) is 4. The topological polar surface area (TPSA) is 52.2 Å². The van der Waals surface area contributed by atoms with Gasteiger partial charge in [0, 0.05) is 12.3 Å². The molecular weight excluding hydrogens is 382 g/mol. The lowest BCUT2D eigenvalue weighted by atomic mass is 10.2. The van der Waals surface area contributed by atoms with Gasteiger partial charge < -0.3 is 0 Å². The fourth-order valence-corrected chi connectivity index (χ4v) is 4.04. The van der Waals surface area contributed by atoms with E-state index >= 15 is 0 Å². The highest BCUT2D eigenvalue weighted by molar-refractivity contribution is 7.98. The zero-order valence-corrected chi connectivity index (χ0v) is 16.2. The number of fused-ring (bicyclic) bond motifs is 3. The van der Waals surface area contributed by atoms with Crippen LogP contribution in [0.4, 0.5) is 8.78 Å². The second-order valence-corrected chi connectivity index (χ2v) is 7.95. The van der Waals surface area contributed by atoms with Crippen molar-refractivity contribution in [2.75, 3.05) is 0 Å². The van der Waals surface area contributed by atoms with Crippen molar-refractivity contribution in [2.24, 2.45) is 5.92 Å². The molecule has 0 aliphatic carbocycles. The Hall–Kier alpha value is -2.74. The van der Waals surface area contributed by atoms with E-state index in [4.69, 9.17) is 0 Å². The summed E-state index contributed by atoms with van der Waals surface area (Å²) in [4.78, 5) is 12.9. The molecule has 144 valence electrons. The summed E-state index contributed by atoms with van der Waals surface area (Å²) in [6.45, 7) is 4.44. The SMILES string of the molecule is CC(C)Cn1c(=O)c2cc(F)ccc2n2c(SCc3cccc(F)c3)nnc12. The maximum Gasteiger partial charge on any atom is 0.262 e. The summed E-state index contributed by atoms with van der Waals surface area (Å²) in [6.07, 6.45) is 0. The normalized spacial score (nSPS) is 11.8. The first-order chi connectivity index (χ1) is 13.4. The molecule has 0 atom stereocenters. The average Bonchev–Trinajstić information content (AvgIpc) is 3.07. The first-order valence-electron chi connectivity index (χ1n) is 8.88. The van der Waals surface area contributed by atoms with Crippen LogP contribution in [0.5, 0.6) is 0 Å². The van der Waals surface area contributed by atoms with Gasteiger partial charge in [-0.25, -0.2) is 8.78 Å². The van der Waals surface area contributed by atoms with Gasteiger partial charge in [-0.05, 0) is 41.8 Å². The molecule has 4 aromatic rings. The molecule has 2 aromatic heterocycles. The van der Waals surface area contributed by atoms with Crippen LogP contribution < -0.4 is 5.56 Å². The van der Waals surface area contributed by atoms with Crippen LogP contribution >= 0.6 is 11.8 Å². The van der Waals surface area contributed by atoms with Crippen molar-refractivity contribution in [1.82, 2.24) is 19.2 Å². The van der Waals surface area contributed by atoms with Crippen LogP contribution in [0.1, 0.15) is 19.4 Å². The Morgan fingerprint density at radius 3 is 2.61 bits per heavy atom. The Morgan fingerprint density at radius 1 is 1.07 bits per heavy atom. The number of nitrogens with zero attached hydrogens (tertiary/aromatic N) is 4. The predicted octanol–water partition coefficient (Wildman–Crippen LogP) is 4.27. The van der Waals surface area contributed by atoms with Crippen molar-refractivity contribution < 1.29 is 8.78 Å². The van der Waals surface area contributed by atoms with Crippen molar-refractivity contribution in [3.63, 3.8) is 0 Å². The van der Waals surface area contributed by atoms with E-state index in [1.165, 1.54) is 40.6 Å². The Bertz CT molecular complexity index is 1230. The van der Waals surface area contributed by atoms with Gasteiger partial charge in [0.05, 0.1) is 10.9 Å². The summed E-state index contributed by atoms with van der Waals surface area (Å²) >= 11 is 1.38. The number of aromatic nitrogens is 4. The molecule has 2 heterocycles. The molecule has 0 saturated heterocycles.